The van der Waals surface area contributed by atoms with Crippen molar-refractivity contribution in [3.8, 4) is 5.75 Å². The van der Waals surface area contributed by atoms with Crippen molar-refractivity contribution in [1.29, 1.82) is 0 Å². The highest BCUT2D eigenvalue weighted by Crippen LogP contribution is 2.36. The Labute approximate surface area is 273 Å². The minimum atomic E-state index is -1.23. The molecular formula is C33H44N6O8. The number of ether oxygens (including phenoxy) is 1. The van der Waals surface area contributed by atoms with E-state index in [1.54, 1.807) is 17.9 Å². The Hall–Kier alpha value is -4.46. The van der Waals surface area contributed by atoms with E-state index in [1.165, 1.54) is 11.3 Å². The number of nitrogens with zero attached hydrogens (tertiary/aromatic N) is 3. The summed E-state index contributed by atoms with van der Waals surface area (Å²) in [6, 6.07) is 4.38. The van der Waals surface area contributed by atoms with Crippen molar-refractivity contribution in [2.45, 2.75) is 76.9 Å². The molecule has 0 unspecified atom stereocenters. The molecule has 2 fully saturated rings. The molecule has 4 heterocycles. The molecular weight excluding hydrogens is 608 g/mol. The second kappa shape index (κ2) is 14.5. The number of nitrogens with one attached hydrogen (secondary N) is 3. The molecule has 14 heteroatoms. The number of aliphatic hydroxyl groups is 1. The van der Waals surface area contributed by atoms with Gasteiger partial charge in [-0.15, -0.1) is 0 Å². The Balaban J connectivity index is 1.38. The number of amides is 5. The van der Waals surface area contributed by atoms with Gasteiger partial charge in [0, 0.05) is 32.1 Å². The van der Waals surface area contributed by atoms with Gasteiger partial charge < -0.3 is 40.0 Å². The van der Waals surface area contributed by atoms with Gasteiger partial charge in [0.2, 0.25) is 17.7 Å². The summed E-state index contributed by atoms with van der Waals surface area (Å²) in [7, 11) is 0. The van der Waals surface area contributed by atoms with Gasteiger partial charge in [0.25, 0.3) is 11.8 Å². The molecule has 3 aliphatic rings. The fourth-order valence-corrected chi connectivity index (χ4v) is 6.66. The molecule has 1 aromatic carbocycles. The van der Waals surface area contributed by atoms with Crippen LogP contribution in [-0.2, 0) is 25.6 Å². The summed E-state index contributed by atoms with van der Waals surface area (Å²) in [5.74, 6) is -1.19. The average molecular weight is 653 g/mol. The van der Waals surface area contributed by atoms with E-state index in [4.69, 9.17) is 9.15 Å². The average Bonchev–Trinajstić information content (AvgIpc) is 3.76. The number of oxazole rings is 1. The van der Waals surface area contributed by atoms with Gasteiger partial charge in [-0.3, -0.25) is 24.0 Å². The maximum absolute atomic E-state index is 13.4. The van der Waals surface area contributed by atoms with Crippen LogP contribution in [0.1, 0.15) is 74.2 Å². The first-order valence-corrected chi connectivity index (χ1v) is 16.2. The van der Waals surface area contributed by atoms with E-state index in [1.807, 2.05) is 32.0 Å². The van der Waals surface area contributed by atoms with Crippen molar-refractivity contribution < 1.29 is 38.2 Å². The van der Waals surface area contributed by atoms with Gasteiger partial charge >= 0.3 is 0 Å². The molecule has 2 bridgehead atoms. The van der Waals surface area contributed by atoms with E-state index >= 15 is 0 Å². The van der Waals surface area contributed by atoms with Crippen molar-refractivity contribution in [2.75, 3.05) is 39.4 Å². The van der Waals surface area contributed by atoms with Crippen molar-refractivity contribution in [1.82, 2.24) is 30.7 Å². The second-order valence-electron chi connectivity index (χ2n) is 13.1. The van der Waals surface area contributed by atoms with Gasteiger partial charge in [0.15, 0.2) is 18.7 Å². The van der Waals surface area contributed by atoms with Gasteiger partial charge in [-0.1, -0.05) is 26.0 Å². The van der Waals surface area contributed by atoms with Crippen molar-refractivity contribution in [3.63, 3.8) is 0 Å². The third-order valence-corrected chi connectivity index (χ3v) is 9.32. The predicted molar refractivity (Wildman–Crippen MR) is 168 cm³/mol. The van der Waals surface area contributed by atoms with Crippen molar-refractivity contribution in [2.24, 2.45) is 5.41 Å². The van der Waals surface area contributed by atoms with Crippen LogP contribution in [0.4, 0.5) is 0 Å². The van der Waals surface area contributed by atoms with Crippen LogP contribution in [-0.4, -0.2) is 107 Å². The number of likely N-dealkylation sites (tertiary alicyclic amines) is 1. The van der Waals surface area contributed by atoms with Crippen LogP contribution in [0.15, 0.2) is 35.1 Å². The van der Waals surface area contributed by atoms with Gasteiger partial charge in [-0.25, -0.2) is 4.98 Å². The molecule has 1 aromatic heterocycles. The molecule has 5 amide bonds. The predicted octanol–water partition coefficient (Wildman–Crippen LogP) is 0.745. The smallest absolute Gasteiger partial charge is 0.276 e. The Bertz CT molecular complexity index is 1480. The van der Waals surface area contributed by atoms with Crippen LogP contribution in [0.25, 0.3) is 0 Å². The zero-order chi connectivity index (χ0) is 33.7. The first-order chi connectivity index (χ1) is 22.5. The van der Waals surface area contributed by atoms with Crippen LogP contribution < -0.4 is 20.7 Å². The highest BCUT2D eigenvalue weighted by Gasteiger charge is 2.40. The van der Waals surface area contributed by atoms with E-state index in [2.05, 4.69) is 20.9 Å². The SMILES string of the molecule is CC(C)c1ocnc1C(=O)N1CCC2(CC1)CNC(=O)[C@H](CO)NC(=O)[C@@H]1CCCN1C(=O)[C@H](C)NC(=O)COc1cccc(c1)C2. The van der Waals surface area contributed by atoms with Crippen molar-refractivity contribution >= 4 is 29.5 Å². The first kappa shape index (κ1) is 33.9. The zero-order valence-corrected chi connectivity index (χ0v) is 27.1. The molecule has 2 saturated heterocycles. The number of fused-ring (bicyclic) bond motifs is 3. The first-order valence-electron chi connectivity index (χ1n) is 16.2. The topological polar surface area (TPSA) is 183 Å². The Morgan fingerprint density at radius 1 is 1.11 bits per heavy atom. The molecule has 2 aromatic rings. The minimum absolute atomic E-state index is 0.00454. The van der Waals surface area contributed by atoms with Gasteiger partial charge in [0.1, 0.15) is 29.6 Å². The number of aromatic nitrogens is 1. The van der Waals surface area contributed by atoms with Gasteiger partial charge in [-0.05, 0) is 62.1 Å². The van der Waals surface area contributed by atoms with Gasteiger partial charge in [-0.2, -0.15) is 0 Å². The number of rotatable bonds is 3. The van der Waals surface area contributed by atoms with E-state index in [9.17, 15) is 29.1 Å². The molecule has 14 nitrogen and oxygen atoms in total. The Morgan fingerprint density at radius 2 is 1.87 bits per heavy atom. The summed E-state index contributed by atoms with van der Waals surface area (Å²) in [5, 5.41) is 18.3. The molecule has 3 atom stereocenters. The summed E-state index contributed by atoms with van der Waals surface area (Å²) in [4.78, 5) is 73.3. The summed E-state index contributed by atoms with van der Waals surface area (Å²) in [6.07, 6.45) is 3.88. The molecule has 0 aliphatic carbocycles. The number of benzene rings is 1. The number of carbonyl (C=O) groups is 5. The van der Waals surface area contributed by atoms with Crippen LogP contribution in [0, 0.1) is 5.41 Å². The molecule has 254 valence electrons. The minimum Gasteiger partial charge on any atom is -0.484 e. The summed E-state index contributed by atoms with van der Waals surface area (Å²) in [5.41, 5.74) is 0.728. The summed E-state index contributed by atoms with van der Waals surface area (Å²) < 4.78 is 11.3. The van der Waals surface area contributed by atoms with Crippen molar-refractivity contribution in [3.05, 3.63) is 47.7 Å². The molecule has 5 rings (SSSR count). The maximum Gasteiger partial charge on any atom is 0.276 e. The lowest BCUT2D eigenvalue weighted by Crippen LogP contribution is -2.57. The van der Waals surface area contributed by atoms with Crippen LogP contribution in [0.2, 0.25) is 0 Å². The lowest BCUT2D eigenvalue weighted by molar-refractivity contribution is -0.142. The third-order valence-electron chi connectivity index (χ3n) is 9.32. The van der Waals surface area contributed by atoms with E-state index in [0.29, 0.717) is 68.9 Å². The summed E-state index contributed by atoms with van der Waals surface area (Å²) >= 11 is 0. The fraction of sp³-hybridized carbons (Fsp3) is 0.576. The third kappa shape index (κ3) is 7.75. The number of aliphatic hydroxyl groups excluding tert-OH is 1. The molecule has 3 aliphatic heterocycles. The van der Waals surface area contributed by atoms with Crippen LogP contribution in [0.3, 0.4) is 0 Å². The molecule has 0 saturated carbocycles. The fourth-order valence-electron chi connectivity index (χ4n) is 6.66. The molecule has 0 radical (unpaired) electrons. The van der Waals surface area contributed by atoms with Crippen LogP contribution >= 0.6 is 0 Å². The van der Waals surface area contributed by atoms with E-state index < -0.39 is 53.8 Å². The van der Waals surface area contributed by atoms with Crippen LogP contribution in [0.5, 0.6) is 5.75 Å². The number of hydrogen-bond acceptors (Lipinski definition) is 9. The Morgan fingerprint density at radius 3 is 2.60 bits per heavy atom. The molecule has 4 N–H and O–H groups in total. The standard InChI is InChI=1S/C33H44N6O8/c1-20(2)28-27(35-19-47-28)32(45)38-12-9-33(10-13-38)15-22-6-4-7-23(14-22)46-17-26(41)36-21(3)31(44)39-11-5-8-25(39)30(43)37-24(16-40)29(42)34-18-33/h4,6-7,14,19-21,24-25,40H,5,8-13,15-18H2,1-3H3,(H,34,42)(H,36,41)(H,37,43)/t21-,24-,25-/m0/s1. The molecule has 1 spiro atoms. The second-order valence-corrected chi connectivity index (χ2v) is 13.1. The highest BCUT2D eigenvalue weighted by molar-refractivity contribution is 5.95. The quantitative estimate of drug-likeness (QED) is 0.372. The molecule has 47 heavy (non-hydrogen) atoms. The number of carbonyl (C=O) groups excluding carboxylic acids is 5. The lowest BCUT2D eigenvalue weighted by atomic mass is 9.73. The Kier molecular flexibility index (Phi) is 10.5. The largest absolute Gasteiger partial charge is 0.484 e. The van der Waals surface area contributed by atoms with E-state index in [-0.39, 0.29) is 25.0 Å². The monoisotopic (exact) mass is 652 g/mol. The summed E-state index contributed by atoms with van der Waals surface area (Å²) in [6.45, 7) is 5.87. The normalized spacial score (nSPS) is 24.4. The van der Waals surface area contributed by atoms with Gasteiger partial charge in [0.05, 0.1) is 6.61 Å². The highest BCUT2D eigenvalue weighted by atomic mass is 16.5. The maximum atomic E-state index is 13.4. The lowest BCUT2D eigenvalue weighted by Gasteiger charge is -2.42. The van der Waals surface area contributed by atoms with E-state index in [0.717, 1.165) is 5.56 Å². The zero-order valence-electron chi connectivity index (χ0n) is 27.1. The number of hydrogen-bond donors (Lipinski definition) is 4. The number of piperidine rings is 1.